The topological polar surface area (TPSA) is 69.0 Å². The largest absolute Gasteiger partial charge is 0.482 e. The van der Waals surface area contributed by atoms with Gasteiger partial charge in [0.05, 0.1) is 10.7 Å². The van der Waals surface area contributed by atoms with Crippen LogP contribution in [-0.4, -0.2) is 27.5 Å². The molecule has 0 atom stereocenters. The van der Waals surface area contributed by atoms with E-state index >= 15 is 0 Å². The molecule has 1 N–H and O–H groups in total. The molecule has 30 heavy (non-hydrogen) atoms. The SMILES string of the molecule is CCc1ccc(-n2nc3cc(C)c(NC(=O)COc4ccccc4Cl)cc3n2)cc1. The maximum Gasteiger partial charge on any atom is 0.262 e. The molecule has 4 aromatic rings. The number of halogens is 1. The summed E-state index contributed by atoms with van der Waals surface area (Å²) in [5, 5.41) is 12.5. The summed E-state index contributed by atoms with van der Waals surface area (Å²) >= 11 is 6.05. The molecule has 7 heteroatoms. The van der Waals surface area contributed by atoms with Crippen LogP contribution in [0.4, 0.5) is 5.69 Å². The fourth-order valence-corrected chi connectivity index (χ4v) is 3.26. The fourth-order valence-electron chi connectivity index (χ4n) is 3.07. The lowest BCUT2D eigenvalue weighted by Gasteiger charge is -2.10. The lowest BCUT2D eigenvalue weighted by atomic mass is 10.1. The van der Waals surface area contributed by atoms with Crippen molar-refractivity contribution in [2.24, 2.45) is 0 Å². The summed E-state index contributed by atoms with van der Waals surface area (Å²) in [4.78, 5) is 14.0. The van der Waals surface area contributed by atoms with Gasteiger partial charge in [-0.25, -0.2) is 0 Å². The molecule has 6 nitrogen and oxygen atoms in total. The van der Waals surface area contributed by atoms with E-state index in [1.807, 2.05) is 31.2 Å². The van der Waals surface area contributed by atoms with E-state index in [1.54, 1.807) is 29.1 Å². The van der Waals surface area contributed by atoms with Crippen LogP contribution in [0.5, 0.6) is 5.75 Å². The number of ether oxygens (including phenoxy) is 1. The van der Waals surface area contributed by atoms with Crippen molar-refractivity contribution < 1.29 is 9.53 Å². The first-order valence-electron chi connectivity index (χ1n) is 9.67. The van der Waals surface area contributed by atoms with Crippen molar-refractivity contribution in [2.45, 2.75) is 20.3 Å². The number of carbonyl (C=O) groups is 1. The van der Waals surface area contributed by atoms with E-state index in [4.69, 9.17) is 16.3 Å². The minimum absolute atomic E-state index is 0.141. The van der Waals surface area contributed by atoms with Gasteiger partial charge in [-0.05, 0) is 60.9 Å². The molecule has 0 radical (unpaired) electrons. The molecule has 4 rings (SSSR count). The smallest absolute Gasteiger partial charge is 0.262 e. The summed E-state index contributed by atoms with van der Waals surface area (Å²) < 4.78 is 5.50. The number of rotatable bonds is 6. The number of nitrogens with one attached hydrogen (secondary N) is 1. The second kappa shape index (κ2) is 8.55. The number of hydrogen-bond donors (Lipinski definition) is 1. The predicted molar refractivity (Wildman–Crippen MR) is 119 cm³/mol. The van der Waals surface area contributed by atoms with Gasteiger partial charge < -0.3 is 10.1 Å². The molecule has 0 bridgehead atoms. The predicted octanol–water partition coefficient (Wildman–Crippen LogP) is 4.96. The Labute approximate surface area is 179 Å². The maximum atomic E-state index is 12.4. The molecule has 152 valence electrons. The Morgan fingerprint density at radius 1 is 1.07 bits per heavy atom. The van der Waals surface area contributed by atoms with Gasteiger partial charge >= 0.3 is 0 Å². The standard InChI is InChI=1S/C23H21ClN4O2/c1-3-16-8-10-17(11-9-16)28-26-20-12-15(2)19(13-21(20)27-28)25-23(29)14-30-22-7-5-4-6-18(22)24/h4-13H,3,14H2,1-2H3,(H,25,29). The van der Waals surface area contributed by atoms with Crippen molar-refractivity contribution in [3.05, 3.63) is 76.8 Å². The number of amides is 1. The van der Waals surface area contributed by atoms with Crippen LogP contribution in [0.2, 0.25) is 5.02 Å². The Morgan fingerprint density at radius 2 is 1.77 bits per heavy atom. The first-order valence-corrected chi connectivity index (χ1v) is 10.1. The molecule has 3 aromatic carbocycles. The third-order valence-corrected chi connectivity index (χ3v) is 5.08. The summed E-state index contributed by atoms with van der Waals surface area (Å²) in [7, 11) is 0. The maximum absolute atomic E-state index is 12.4. The molecule has 0 unspecified atom stereocenters. The summed E-state index contributed by atoms with van der Waals surface area (Å²) in [6, 6.07) is 18.9. The van der Waals surface area contributed by atoms with Gasteiger partial charge in [0.15, 0.2) is 6.61 Å². The van der Waals surface area contributed by atoms with Gasteiger partial charge in [0, 0.05) is 5.69 Å². The minimum atomic E-state index is -0.278. The van der Waals surface area contributed by atoms with Crippen LogP contribution in [0.15, 0.2) is 60.7 Å². The van der Waals surface area contributed by atoms with Crippen LogP contribution in [0.25, 0.3) is 16.7 Å². The van der Waals surface area contributed by atoms with Crippen molar-refractivity contribution >= 4 is 34.2 Å². The Balaban J connectivity index is 1.50. The highest BCUT2D eigenvalue weighted by molar-refractivity contribution is 6.32. The average molecular weight is 421 g/mol. The van der Waals surface area contributed by atoms with Crippen LogP contribution < -0.4 is 10.1 Å². The van der Waals surface area contributed by atoms with Crippen LogP contribution >= 0.6 is 11.6 Å². The molecule has 1 aromatic heterocycles. The normalized spacial score (nSPS) is 10.9. The van der Waals surface area contributed by atoms with E-state index < -0.39 is 0 Å². The number of aryl methyl sites for hydroxylation is 2. The number of hydrogen-bond acceptors (Lipinski definition) is 4. The van der Waals surface area contributed by atoms with Crippen LogP contribution in [0.1, 0.15) is 18.1 Å². The zero-order valence-electron chi connectivity index (χ0n) is 16.7. The van der Waals surface area contributed by atoms with E-state index in [1.165, 1.54) is 5.56 Å². The van der Waals surface area contributed by atoms with E-state index in [2.05, 4.69) is 34.6 Å². The first-order chi connectivity index (χ1) is 14.5. The summed E-state index contributed by atoms with van der Waals surface area (Å²) in [6.45, 7) is 3.89. The van der Waals surface area contributed by atoms with Gasteiger partial charge in [-0.2, -0.15) is 4.80 Å². The third kappa shape index (κ3) is 4.28. The van der Waals surface area contributed by atoms with Crippen LogP contribution in [0.3, 0.4) is 0 Å². The first kappa shape index (κ1) is 19.9. The van der Waals surface area contributed by atoms with Crippen molar-refractivity contribution in [2.75, 3.05) is 11.9 Å². The second-order valence-corrected chi connectivity index (χ2v) is 7.34. The van der Waals surface area contributed by atoms with Crippen molar-refractivity contribution in [3.8, 4) is 11.4 Å². The number of nitrogens with zero attached hydrogens (tertiary/aromatic N) is 3. The highest BCUT2D eigenvalue weighted by Crippen LogP contribution is 2.24. The van der Waals surface area contributed by atoms with Crippen LogP contribution in [-0.2, 0) is 11.2 Å². The van der Waals surface area contributed by atoms with Gasteiger partial charge in [0.1, 0.15) is 16.8 Å². The number of anilines is 1. The zero-order valence-corrected chi connectivity index (χ0v) is 17.5. The van der Waals surface area contributed by atoms with E-state index in [9.17, 15) is 4.79 Å². The molecule has 0 saturated heterocycles. The molecule has 0 aliphatic heterocycles. The molecule has 1 heterocycles. The summed E-state index contributed by atoms with van der Waals surface area (Å²) in [6.07, 6.45) is 0.983. The second-order valence-electron chi connectivity index (χ2n) is 6.93. The fraction of sp³-hybridized carbons (Fsp3) is 0.174. The van der Waals surface area contributed by atoms with Crippen molar-refractivity contribution in [3.63, 3.8) is 0 Å². The molecular formula is C23H21ClN4O2. The van der Waals surface area contributed by atoms with E-state index in [0.29, 0.717) is 22.0 Å². The minimum Gasteiger partial charge on any atom is -0.482 e. The number of benzene rings is 3. The molecular weight excluding hydrogens is 400 g/mol. The molecule has 0 fully saturated rings. The number of aromatic nitrogens is 3. The lowest BCUT2D eigenvalue weighted by molar-refractivity contribution is -0.118. The Bertz CT molecular complexity index is 1200. The Morgan fingerprint density at radius 3 is 2.47 bits per heavy atom. The monoisotopic (exact) mass is 420 g/mol. The lowest BCUT2D eigenvalue weighted by Crippen LogP contribution is -2.20. The van der Waals surface area contributed by atoms with E-state index in [-0.39, 0.29) is 12.5 Å². The Kier molecular flexibility index (Phi) is 5.68. The number of fused-ring (bicyclic) bond motifs is 1. The van der Waals surface area contributed by atoms with Crippen LogP contribution in [0, 0.1) is 6.92 Å². The molecule has 0 spiro atoms. The van der Waals surface area contributed by atoms with Gasteiger partial charge in [0.25, 0.3) is 5.91 Å². The van der Waals surface area contributed by atoms with Gasteiger partial charge in [-0.1, -0.05) is 42.8 Å². The quantitative estimate of drug-likeness (QED) is 0.478. The highest BCUT2D eigenvalue weighted by atomic mass is 35.5. The average Bonchev–Trinajstić information content (AvgIpc) is 3.16. The third-order valence-electron chi connectivity index (χ3n) is 4.77. The van der Waals surface area contributed by atoms with Crippen molar-refractivity contribution in [1.82, 2.24) is 15.0 Å². The zero-order chi connectivity index (χ0) is 21.1. The summed E-state index contributed by atoms with van der Waals surface area (Å²) in [5.74, 6) is 0.193. The van der Waals surface area contributed by atoms with E-state index in [0.717, 1.165) is 23.2 Å². The number of carbonyl (C=O) groups excluding carboxylic acids is 1. The highest BCUT2D eigenvalue weighted by Gasteiger charge is 2.12. The molecule has 0 aliphatic rings. The molecule has 1 amide bonds. The Hall–Kier alpha value is -3.38. The molecule has 0 saturated carbocycles. The van der Waals surface area contributed by atoms with Gasteiger partial charge in [-0.3, -0.25) is 4.79 Å². The summed E-state index contributed by atoms with van der Waals surface area (Å²) in [5.41, 5.74) is 5.17. The molecule has 0 aliphatic carbocycles. The van der Waals surface area contributed by atoms with Crippen molar-refractivity contribution in [1.29, 1.82) is 0 Å². The van der Waals surface area contributed by atoms with Gasteiger partial charge in [-0.15, -0.1) is 10.2 Å². The number of para-hydroxylation sites is 1. The van der Waals surface area contributed by atoms with Gasteiger partial charge in [0.2, 0.25) is 0 Å².